The van der Waals surface area contributed by atoms with Crippen molar-refractivity contribution in [1.82, 2.24) is 63.8 Å². The largest absolute Gasteiger partial charge is 0.444 e. The molecule has 4 fully saturated rings. The predicted octanol–water partition coefficient (Wildman–Crippen LogP) is 5.78. The average Bonchev–Trinajstić information content (AvgIpc) is 1.30. The number of hydrogen-bond donors (Lipinski definition) is 19. The van der Waals surface area contributed by atoms with Gasteiger partial charge in [0.05, 0.1) is 31.8 Å². The monoisotopic (exact) mass is 2070 g/mol. The number of nitrogens with zero attached hydrogens (tertiary/aromatic N) is 6. The van der Waals surface area contributed by atoms with Crippen molar-refractivity contribution < 1.29 is 179 Å². The van der Waals surface area contributed by atoms with Crippen LogP contribution in [0.1, 0.15) is 256 Å². The van der Waals surface area contributed by atoms with Gasteiger partial charge < -0.3 is 121 Å². The fourth-order valence-electron chi connectivity index (χ4n) is 12.4. The average molecular weight is 2070 g/mol. The molecular formula is C89H154N18O37. The second-order valence-corrected chi connectivity index (χ2v) is 45.2. The Bertz CT molecular complexity index is 4400. The van der Waals surface area contributed by atoms with E-state index in [1.54, 1.807) is 0 Å². The van der Waals surface area contributed by atoms with Gasteiger partial charge in [0.1, 0.15) is 153 Å². The Hall–Kier alpha value is -11.3. The summed E-state index contributed by atoms with van der Waals surface area (Å²) in [5.41, 5.74) is -15.2. The van der Waals surface area contributed by atoms with E-state index >= 15 is 0 Å². The third-order valence-corrected chi connectivity index (χ3v) is 17.0. The van der Waals surface area contributed by atoms with Crippen LogP contribution in [-0.4, -0.2) is 348 Å². The third kappa shape index (κ3) is 48.6. The molecule has 19 N–H and O–H groups in total. The van der Waals surface area contributed by atoms with Crippen LogP contribution in [0.15, 0.2) is 30.0 Å². The molecule has 144 heavy (non-hydrogen) atoms. The van der Waals surface area contributed by atoms with E-state index in [1.165, 1.54) is 249 Å². The van der Waals surface area contributed by atoms with E-state index in [-0.39, 0.29) is 0 Å². The van der Waals surface area contributed by atoms with Crippen LogP contribution in [0.25, 0.3) is 0 Å². The Labute approximate surface area is 836 Å². The van der Waals surface area contributed by atoms with Crippen molar-refractivity contribution in [1.29, 1.82) is 0 Å². The zero-order chi connectivity index (χ0) is 111. The summed E-state index contributed by atoms with van der Waals surface area (Å²) in [6.07, 6.45) is -51.6. The van der Waals surface area contributed by atoms with E-state index in [9.17, 15) is 93.3 Å². The summed E-state index contributed by atoms with van der Waals surface area (Å²) in [7, 11) is 0. The smallest absolute Gasteiger partial charge is 0.414 e. The molecule has 0 aromatic carbocycles. The molecule has 55 heteroatoms. The number of amides is 12. The first-order valence-electron chi connectivity index (χ1n) is 46.1. The highest BCUT2D eigenvalue weighted by Crippen LogP contribution is 2.39. The SMILES string of the molecule is CC(C)(C)OC(=O)NC(=NC[C@@H]1O[C@H](O[C@H]2[C@@H](O)[C@H](O[C@@H]3[C@@H](O)[C@H](N=C(NC(=O)OC(C)(C)C)NC(=O)OC(C)(C)C)C[C@H](N=C(NC(=O)OC(C)(C)C)NC(=O)OC(C)(C)C)[C@H]3O[C@H]3O[C@H](CN=C(NC(=O)OC(C)(C)C)NC(=O)OC(C)(C)C)[C@@H](O)[C@H](O)[C@H]3N=C(NC(=O)OC(C)(C)C)NC(=O)OC(C)(C)C)O[C@@H]2CO)[C@H](N=C(NC(=O)OC(C)(C)C)NC(=O)OC(C)(C)C)[C@@H](O)[C@@H]1O)NC(=O)OC(C)(C)C. The van der Waals surface area contributed by atoms with Crippen LogP contribution in [0.2, 0.25) is 0 Å². The Morgan fingerprint density at radius 2 is 0.431 bits per heavy atom. The summed E-state index contributed by atoms with van der Waals surface area (Å²) in [5, 5.41) is 116. The van der Waals surface area contributed by atoms with Crippen LogP contribution in [0.5, 0.6) is 0 Å². The molecule has 0 unspecified atom stereocenters. The van der Waals surface area contributed by atoms with Crippen molar-refractivity contribution in [2.75, 3.05) is 19.7 Å². The molecule has 19 atom stereocenters. The number of nitrogens with one attached hydrogen (secondary N) is 12. The first kappa shape index (κ1) is 125. The van der Waals surface area contributed by atoms with Gasteiger partial charge in [-0.05, 0) is 256 Å². The lowest BCUT2D eigenvalue weighted by atomic mass is 9.83. The molecular weight excluding hydrogens is 1910 g/mol. The minimum atomic E-state index is -2.54. The number of ether oxygens (including phenoxy) is 18. The first-order valence-corrected chi connectivity index (χ1v) is 46.1. The molecule has 4 aliphatic rings. The van der Waals surface area contributed by atoms with Crippen molar-refractivity contribution in [3.8, 4) is 0 Å². The second kappa shape index (κ2) is 50.2. The molecule has 0 aromatic rings. The highest BCUT2D eigenvalue weighted by Gasteiger charge is 2.58. The summed E-state index contributed by atoms with van der Waals surface area (Å²) in [6, 6.07) is -8.78. The molecule has 0 radical (unpaired) electrons. The Balaban J connectivity index is 2.42. The van der Waals surface area contributed by atoms with E-state index in [2.05, 4.69) is 88.8 Å². The fourth-order valence-corrected chi connectivity index (χ4v) is 12.4. The maximum Gasteiger partial charge on any atom is 0.414 e. The third-order valence-electron chi connectivity index (χ3n) is 17.0. The number of rotatable bonds is 15. The molecule has 4 rings (SSSR count). The molecule has 822 valence electrons. The van der Waals surface area contributed by atoms with Crippen LogP contribution in [-0.2, 0) is 85.3 Å². The van der Waals surface area contributed by atoms with E-state index in [0.717, 1.165) is 0 Å². The summed E-state index contributed by atoms with van der Waals surface area (Å²) in [5.74, 6) is -5.22. The molecule has 0 spiro atoms. The Kier molecular flexibility index (Phi) is 43.6. The van der Waals surface area contributed by atoms with Crippen molar-refractivity contribution in [2.24, 2.45) is 30.0 Å². The van der Waals surface area contributed by atoms with Crippen molar-refractivity contribution in [3.63, 3.8) is 0 Å². The van der Waals surface area contributed by atoms with Crippen molar-refractivity contribution >= 4 is 109 Å². The summed E-state index contributed by atoms with van der Waals surface area (Å²) < 4.78 is 106. The van der Waals surface area contributed by atoms with E-state index < -0.39 is 318 Å². The number of aliphatic imine (C=N–C) groups is 6. The number of carbonyl (C=O) groups excluding carboxylic acids is 12. The molecule has 3 heterocycles. The minimum Gasteiger partial charge on any atom is -0.444 e. The van der Waals surface area contributed by atoms with Crippen molar-refractivity contribution in [2.45, 2.75) is 439 Å². The number of aliphatic hydroxyl groups is 7. The lowest BCUT2D eigenvalue weighted by Crippen LogP contribution is -2.64. The number of aliphatic hydroxyl groups excluding tert-OH is 7. The fraction of sp³-hybridized carbons (Fsp3) is 0.798. The van der Waals surface area contributed by atoms with Crippen LogP contribution in [0, 0.1) is 0 Å². The molecule has 0 bridgehead atoms. The van der Waals surface area contributed by atoms with Gasteiger partial charge >= 0.3 is 73.1 Å². The number of alkyl carbamates (subject to hydrolysis) is 12. The van der Waals surface area contributed by atoms with Gasteiger partial charge in [0.25, 0.3) is 0 Å². The topological polar surface area (TPSA) is 731 Å². The number of carbonyl (C=O) groups is 12. The Morgan fingerprint density at radius 1 is 0.236 bits per heavy atom. The van der Waals surface area contributed by atoms with E-state index in [0.29, 0.717) is 0 Å². The summed E-state index contributed by atoms with van der Waals surface area (Å²) in [6.45, 7) is 50.0. The second-order valence-electron chi connectivity index (χ2n) is 45.2. The van der Waals surface area contributed by atoms with Gasteiger partial charge in [-0.2, -0.15) is 0 Å². The Morgan fingerprint density at radius 3 is 0.653 bits per heavy atom. The molecule has 3 aliphatic heterocycles. The quantitative estimate of drug-likeness (QED) is 0.0524. The molecule has 1 aliphatic carbocycles. The van der Waals surface area contributed by atoms with Gasteiger partial charge in [0.2, 0.25) is 35.8 Å². The molecule has 1 saturated carbocycles. The van der Waals surface area contributed by atoms with Gasteiger partial charge in [-0.3, -0.25) is 63.8 Å². The van der Waals surface area contributed by atoms with Gasteiger partial charge in [-0.25, -0.2) is 87.5 Å². The molecule has 0 aromatic heterocycles. The van der Waals surface area contributed by atoms with E-state index in [4.69, 9.17) is 90.3 Å². The maximum atomic E-state index is 14.3. The molecule has 12 amide bonds. The minimum absolute atomic E-state index is 0.714. The van der Waals surface area contributed by atoms with Crippen LogP contribution >= 0.6 is 0 Å². The number of guanidine groups is 6. The van der Waals surface area contributed by atoms with Crippen molar-refractivity contribution in [3.05, 3.63) is 0 Å². The summed E-state index contributed by atoms with van der Waals surface area (Å²) >= 11 is 0. The highest BCUT2D eigenvalue weighted by molar-refractivity contribution is 6.05. The van der Waals surface area contributed by atoms with Crippen LogP contribution in [0.3, 0.4) is 0 Å². The number of hydrogen-bond acceptors (Lipinski definition) is 43. The molecule has 3 saturated heterocycles. The van der Waals surface area contributed by atoms with Gasteiger partial charge in [0.15, 0.2) is 18.9 Å². The lowest BCUT2D eigenvalue weighted by molar-refractivity contribution is -0.306. The predicted molar refractivity (Wildman–Crippen MR) is 510 cm³/mol. The van der Waals surface area contributed by atoms with Gasteiger partial charge in [-0.15, -0.1) is 0 Å². The van der Waals surface area contributed by atoms with E-state index in [1.807, 2.05) is 0 Å². The summed E-state index contributed by atoms with van der Waals surface area (Å²) in [4.78, 5) is 194. The van der Waals surface area contributed by atoms with Crippen LogP contribution < -0.4 is 63.8 Å². The zero-order valence-electron chi connectivity index (χ0n) is 88.9. The molecule has 55 nitrogen and oxygen atoms in total. The standard InChI is InChI=1S/C89H154N18O37/c1-78(2,3)133-66(115)96-60(97-67(116)134-79(4,5)6)90-38-43-49(110)51(112)46(94-64(104-74(123)141-86(25,26)27)105-75(124)142-87(28,29)30)57(127-43)130-54-42(93-63(102-72(121)139-84(19,20)21)103-73(122)140-85(22,23)24)37-41(92-62(100-70(119)137-82(13,14)15)101-71(120)138-83(16,17)18)48(109)56(54)132-59-53(114)55(45(40-108)129-59)131-58-47(95-65(106-76(125)143-88(31,32)33)107-77(126)144-89(34,35)36)52(113)50(111)44(128-58)39-91-61(98-68(117)135-80(7,8)9)99-69(118)136-81(10,11)12/h41-59,108-114H,37-40H2,1-36H3,(H2,90,96,97,115,116)(H2,91,98,99,117,118)(H2,92,100,101,119,120)(H2,93,102,103,121,122)(H2,94,104,105,123,124)(H2,95,106,107,125,126)/t41-,42+,43-,44+,45-,46-,47-,48+,49-,50-,51-,52-,53-,54-,55-,56-,57-,58-,59+/m1/s1. The van der Waals surface area contributed by atoms with Crippen LogP contribution in [0.4, 0.5) is 57.5 Å². The zero-order valence-corrected chi connectivity index (χ0v) is 88.9. The maximum absolute atomic E-state index is 14.3. The lowest BCUT2D eigenvalue weighted by Gasteiger charge is -2.47. The van der Waals surface area contributed by atoms with Gasteiger partial charge in [0, 0.05) is 0 Å². The normalized spacial score (nSPS) is 24.4. The van der Waals surface area contributed by atoms with Gasteiger partial charge in [-0.1, -0.05) is 0 Å². The highest BCUT2D eigenvalue weighted by atomic mass is 16.8. The first-order chi connectivity index (χ1) is 65.1.